The summed E-state index contributed by atoms with van der Waals surface area (Å²) in [6.07, 6.45) is 15.2. The van der Waals surface area contributed by atoms with Crippen LogP contribution in [0.15, 0.2) is 30.0 Å². The summed E-state index contributed by atoms with van der Waals surface area (Å²) in [5, 5.41) is 15.7. The number of amides is 1. The monoisotopic (exact) mass is 402 g/mol. The molecule has 0 radical (unpaired) electrons. The number of halogens is 1. The summed E-state index contributed by atoms with van der Waals surface area (Å²) in [6.45, 7) is 0. The molecule has 0 heterocycles. The first kappa shape index (κ1) is 22.1. The Morgan fingerprint density at radius 3 is 2.18 bits per heavy atom. The molecular weight excluding hydrogens is 372 g/mol. The maximum absolute atomic E-state index is 12.4. The van der Waals surface area contributed by atoms with Crippen molar-refractivity contribution in [2.45, 2.75) is 76.7 Å². The fraction of sp³-hybridized carbons (Fsp3) is 0.545. The molecule has 1 aliphatic carbocycles. The third-order valence-electron chi connectivity index (χ3n) is 5.17. The summed E-state index contributed by atoms with van der Waals surface area (Å²) in [5.41, 5.74) is 6.66. The van der Waals surface area contributed by atoms with E-state index in [0.29, 0.717) is 22.4 Å². The average Bonchev–Trinajstić information content (AvgIpc) is 2.66. The van der Waals surface area contributed by atoms with E-state index in [1.54, 1.807) is 24.4 Å². The van der Waals surface area contributed by atoms with Crippen LogP contribution in [0.25, 0.3) is 0 Å². The molecule has 0 bridgehead atoms. The second-order valence-corrected chi connectivity index (χ2v) is 7.89. The Bertz CT molecular complexity index is 699. The highest BCUT2D eigenvalue weighted by atomic mass is 35.5. The van der Waals surface area contributed by atoms with Gasteiger partial charge in [-0.15, -0.1) is 0 Å². The minimum atomic E-state index is -0.477. The smallest absolute Gasteiger partial charge is 0.267 e. The van der Waals surface area contributed by atoms with Crippen LogP contribution >= 0.6 is 11.6 Å². The predicted molar refractivity (Wildman–Crippen MR) is 116 cm³/mol. The number of nitrogens with two attached hydrogens (primary N) is 1. The van der Waals surface area contributed by atoms with Gasteiger partial charge in [0.2, 0.25) is 0 Å². The molecule has 0 atom stereocenters. The summed E-state index contributed by atoms with van der Waals surface area (Å²) >= 11 is 6.09. The van der Waals surface area contributed by atoms with Gasteiger partial charge < -0.3 is 16.4 Å². The number of anilines is 2. The summed E-state index contributed by atoms with van der Waals surface area (Å²) in [5.74, 6) is -0.477. The topological polar surface area (TPSA) is 90.9 Å². The Balaban J connectivity index is 1.94. The molecule has 1 aromatic carbocycles. The lowest BCUT2D eigenvalue weighted by Gasteiger charge is -2.18. The highest BCUT2D eigenvalue weighted by Crippen LogP contribution is 2.24. The van der Waals surface area contributed by atoms with Crippen molar-refractivity contribution in [1.82, 2.24) is 5.32 Å². The van der Waals surface area contributed by atoms with Gasteiger partial charge in [-0.25, -0.2) is 0 Å². The second kappa shape index (κ2) is 12.3. The van der Waals surface area contributed by atoms with Crippen molar-refractivity contribution in [3.05, 3.63) is 35.0 Å². The maximum Gasteiger partial charge on any atom is 0.267 e. The lowest BCUT2D eigenvalue weighted by molar-refractivity contribution is -0.112. The highest BCUT2D eigenvalue weighted by Gasteiger charge is 2.13. The van der Waals surface area contributed by atoms with Gasteiger partial charge in [0.25, 0.3) is 5.91 Å². The molecule has 0 aliphatic heterocycles. The van der Waals surface area contributed by atoms with E-state index in [0.717, 1.165) is 12.8 Å². The normalized spacial score (nSPS) is 17.6. The maximum atomic E-state index is 12.4. The van der Waals surface area contributed by atoms with Gasteiger partial charge in [0.05, 0.1) is 10.7 Å². The SMILES string of the molecule is N#C/C(=C/NC1CCCCCCCCCCC1)C(=O)Nc1ccc(N)cc1Cl. The number of benzene rings is 1. The van der Waals surface area contributed by atoms with Gasteiger partial charge in [0.15, 0.2) is 0 Å². The molecule has 0 saturated heterocycles. The molecule has 1 fully saturated rings. The molecule has 6 heteroatoms. The van der Waals surface area contributed by atoms with Gasteiger partial charge in [0, 0.05) is 17.9 Å². The first-order valence-electron chi connectivity index (χ1n) is 10.3. The van der Waals surface area contributed by atoms with Crippen molar-refractivity contribution in [2.24, 2.45) is 0 Å². The van der Waals surface area contributed by atoms with Crippen molar-refractivity contribution in [3.8, 4) is 6.07 Å². The first-order chi connectivity index (χ1) is 13.6. The largest absolute Gasteiger partial charge is 0.399 e. The molecular formula is C22H31ClN4O. The van der Waals surface area contributed by atoms with Crippen LogP contribution in [-0.4, -0.2) is 11.9 Å². The van der Waals surface area contributed by atoms with Crippen molar-refractivity contribution in [2.75, 3.05) is 11.1 Å². The predicted octanol–water partition coefficient (Wildman–Crippen LogP) is 5.53. The molecule has 28 heavy (non-hydrogen) atoms. The van der Waals surface area contributed by atoms with Gasteiger partial charge in [-0.3, -0.25) is 4.79 Å². The van der Waals surface area contributed by atoms with Crippen LogP contribution in [0.3, 0.4) is 0 Å². The van der Waals surface area contributed by atoms with Crippen molar-refractivity contribution in [1.29, 1.82) is 5.26 Å². The van der Waals surface area contributed by atoms with Crippen LogP contribution in [0.4, 0.5) is 11.4 Å². The van der Waals surface area contributed by atoms with E-state index in [4.69, 9.17) is 17.3 Å². The Labute approximate surface area is 173 Å². The lowest BCUT2D eigenvalue weighted by Crippen LogP contribution is -2.26. The molecule has 0 unspecified atom stereocenters. The zero-order valence-corrected chi connectivity index (χ0v) is 17.2. The van der Waals surface area contributed by atoms with E-state index in [1.165, 1.54) is 57.8 Å². The fourth-order valence-corrected chi connectivity index (χ4v) is 3.74. The van der Waals surface area contributed by atoms with Crippen LogP contribution in [-0.2, 0) is 4.79 Å². The van der Waals surface area contributed by atoms with Crippen LogP contribution in [0.1, 0.15) is 70.6 Å². The van der Waals surface area contributed by atoms with Crippen LogP contribution in [0.2, 0.25) is 5.02 Å². The lowest BCUT2D eigenvalue weighted by atomic mass is 9.98. The van der Waals surface area contributed by atoms with Crippen molar-refractivity contribution < 1.29 is 4.79 Å². The molecule has 1 saturated carbocycles. The number of carbonyl (C=O) groups excluding carboxylic acids is 1. The molecule has 2 rings (SSSR count). The Morgan fingerprint density at radius 2 is 1.64 bits per heavy atom. The van der Waals surface area contributed by atoms with Gasteiger partial charge in [-0.1, -0.05) is 69.4 Å². The summed E-state index contributed by atoms with van der Waals surface area (Å²) < 4.78 is 0. The standard InChI is InChI=1S/C22H31ClN4O/c23-20-14-18(25)12-13-21(20)27-22(28)17(15-24)16-26-19-10-8-6-4-2-1-3-5-7-9-11-19/h12-14,16,19,26H,1-11,25H2,(H,27,28)/b17-16-. The number of nitrogen functional groups attached to an aromatic ring is 1. The fourth-order valence-electron chi connectivity index (χ4n) is 3.50. The van der Waals surface area contributed by atoms with E-state index in [1.807, 2.05) is 6.07 Å². The molecule has 152 valence electrons. The van der Waals surface area contributed by atoms with E-state index in [9.17, 15) is 10.1 Å². The molecule has 1 aromatic rings. The molecule has 0 aromatic heterocycles. The van der Waals surface area contributed by atoms with Crippen LogP contribution in [0, 0.1) is 11.3 Å². The number of nitriles is 1. The third kappa shape index (κ3) is 7.82. The molecule has 1 amide bonds. The van der Waals surface area contributed by atoms with Crippen molar-refractivity contribution >= 4 is 28.9 Å². The van der Waals surface area contributed by atoms with E-state index in [-0.39, 0.29) is 5.57 Å². The first-order valence-corrected chi connectivity index (χ1v) is 10.7. The number of hydrogen-bond donors (Lipinski definition) is 3. The second-order valence-electron chi connectivity index (χ2n) is 7.49. The molecule has 0 spiro atoms. The highest BCUT2D eigenvalue weighted by molar-refractivity contribution is 6.34. The van der Waals surface area contributed by atoms with Gasteiger partial charge in [-0.2, -0.15) is 5.26 Å². The Hall–Kier alpha value is -2.19. The quantitative estimate of drug-likeness (QED) is 0.350. The number of nitrogens with zero attached hydrogens (tertiary/aromatic N) is 1. The van der Waals surface area contributed by atoms with Crippen molar-refractivity contribution in [3.63, 3.8) is 0 Å². The molecule has 1 aliphatic rings. The van der Waals surface area contributed by atoms with Crippen LogP contribution < -0.4 is 16.4 Å². The summed E-state index contributed by atoms with van der Waals surface area (Å²) in [4.78, 5) is 12.4. The minimum Gasteiger partial charge on any atom is -0.399 e. The Kier molecular flexibility index (Phi) is 9.71. The van der Waals surface area contributed by atoms with E-state index < -0.39 is 5.91 Å². The zero-order chi connectivity index (χ0) is 20.2. The van der Waals surface area contributed by atoms with Crippen LogP contribution in [0.5, 0.6) is 0 Å². The van der Waals surface area contributed by atoms with E-state index >= 15 is 0 Å². The minimum absolute atomic E-state index is 0.0407. The number of rotatable bonds is 4. The summed E-state index contributed by atoms with van der Waals surface area (Å²) in [6, 6.07) is 7.13. The number of carbonyl (C=O) groups is 1. The van der Waals surface area contributed by atoms with E-state index in [2.05, 4.69) is 10.6 Å². The molecule has 5 nitrogen and oxygen atoms in total. The zero-order valence-electron chi connectivity index (χ0n) is 16.5. The third-order valence-corrected chi connectivity index (χ3v) is 5.49. The number of hydrogen-bond acceptors (Lipinski definition) is 4. The summed E-state index contributed by atoms with van der Waals surface area (Å²) in [7, 11) is 0. The Morgan fingerprint density at radius 1 is 1.07 bits per heavy atom. The number of nitrogens with one attached hydrogen (secondary N) is 2. The average molecular weight is 403 g/mol. The van der Waals surface area contributed by atoms with Gasteiger partial charge in [0.1, 0.15) is 11.6 Å². The van der Waals surface area contributed by atoms with Gasteiger partial charge >= 0.3 is 0 Å². The molecule has 4 N–H and O–H groups in total. The van der Waals surface area contributed by atoms with Gasteiger partial charge in [-0.05, 0) is 31.0 Å².